The van der Waals surface area contributed by atoms with E-state index >= 15 is 0 Å². The molecule has 10 heteroatoms. The number of phosphoric ester groups is 1. The molecule has 1 heterocycles. The van der Waals surface area contributed by atoms with Crippen LogP contribution in [0.1, 0.15) is 0 Å². The largest absolute Gasteiger partial charge is 1.00 e. The van der Waals surface area contributed by atoms with Gasteiger partial charge < -0.3 is 34.0 Å². The van der Waals surface area contributed by atoms with Gasteiger partial charge in [-0.3, -0.25) is 4.57 Å². The zero-order chi connectivity index (χ0) is 11.6. The van der Waals surface area contributed by atoms with Crippen molar-refractivity contribution in [1.82, 2.24) is 0 Å². The molecule has 0 aromatic carbocycles. The zero-order valence-electron chi connectivity index (χ0n) is 8.85. The van der Waals surface area contributed by atoms with Gasteiger partial charge in [0.2, 0.25) is 0 Å². The molecule has 0 spiro atoms. The van der Waals surface area contributed by atoms with E-state index in [9.17, 15) is 19.7 Å². The predicted octanol–water partition coefficient (Wildman–Crippen LogP) is -5.44. The maximum atomic E-state index is 10.3. The molecule has 1 aliphatic rings. The molecule has 0 saturated carbocycles. The Bertz CT molecular complexity index is 257. The molecule has 16 heavy (non-hydrogen) atoms. The van der Waals surface area contributed by atoms with Gasteiger partial charge in [-0.2, -0.15) is 0 Å². The molecule has 90 valence electrons. The molecule has 0 radical (unpaired) electrons. The Kier molecular flexibility index (Phi) is 7.17. The first-order valence-corrected chi connectivity index (χ1v) is 5.57. The van der Waals surface area contributed by atoms with Crippen LogP contribution in [0, 0.1) is 0 Å². The van der Waals surface area contributed by atoms with E-state index in [1.165, 1.54) is 7.11 Å². The van der Waals surface area contributed by atoms with Crippen molar-refractivity contribution < 1.29 is 68.1 Å². The van der Waals surface area contributed by atoms with Crippen molar-refractivity contribution in [1.29, 1.82) is 0 Å². The molecule has 1 aliphatic heterocycles. The van der Waals surface area contributed by atoms with Crippen LogP contribution >= 0.6 is 7.82 Å². The van der Waals surface area contributed by atoms with Gasteiger partial charge in [0.05, 0.1) is 6.61 Å². The Morgan fingerprint density at radius 2 is 2.00 bits per heavy atom. The van der Waals surface area contributed by atoms with E-state index in [1.807, 2.05) is 0 Å². The summed E-state index contributed by atoms with van der Waals surface area (Å²) in [5, 5.41) is 18.6. The first kappa shape index (κ1) is 16.9. The van der Waals surface area contributed by atoms with Gasteiger partial charge in [-0.1, -0.05) is 0 Å². The molecule has 0 amide bonds. The van der Waals surface area contributed by atoms with Crippen LogP contribution in [0.25, 0.3) is 0 Å². The molecule has 1 fully saturated rings. The summed E-state index contributed by atoms with van der Waals surface area (Å²) in [4.78, 5) is 18.6. The number of hydrogen-bond acceptors (Lipinski definition) is 7. The third-order valence-corrected chi connectivity index (χ3v) is 2.43. The Labute approximate surface area is 114 Å². The van der Waals surface area contributed by atoms with Gasteiger partial charge >= 0.3 is 29.6 Å². The molecular weight excluding hydrogens is 254 g/mol. The van der Waals surface area contributed by atoms with Crippen molar-refractivity contribution in [3.8, 4) is 0 Å². The average molecular weight is 266 g/mol. The van der Waals surface area contributed by atoms with Crippen LogP contribution in [0.2, 0.25) is 0 Å². The Balaban J connectivity index is 0.00000225. The molecule has 3 N–H and O–H groups in total. The van der Waals surface area contributed by atoms with E-state index in [0.717, 1.165) is 0 Å². The molecule has 0 aromatic heterocycles. The van der Waals surface area contributed by atoms with Gasteiger partial charge in [-0.25, -0.2) is 0 Å². The Morgan fingerprint density at radius 1 is 1.44 bits per heavy atom. The molecule has 1 rings (SSSR count). The number of phosphoric acid groups is 1. The first-order valence-electron chi connectivity index (χ1n) is 4.08. The van der Waals surface area contributed by atoms with Crippen LogP contribution in [0.3, 0.4) is 0 Å². The van der Waals surface area contributed by atoms with E-state index in [-0.39, 0.29) is 29.6 Å². The van der Waals surface area contributed by atoms with Crippen molar-refractivity contribution in [2.24, 2.45) is 0 Å². The molecule has 0 bridgehead atoms. The molecule has 1 unspecified atom stereocenters. The van der Waals surface area contributed by atoms with Crippen LogP contribution < -0.4 is 34.5 Å². The third kappa shape index (κ3) is 4.67. The summed E-state index contributed by atoms with van der Waals surface area (Å²) in [6, 6.07) is 0. The van der Waals surface area contributed by atoms with Gasteiger partial charge in [-0.15, -0.1) is 0 Å². The molecule has 8 nitrogen and oxygen atoms in total. The van der Waals surface area contributed by atoms with E-state index in [2.05, 4.69) is 9.26 Å². The standard InChI is InChI=1S/C6H13O8P.Na/c1-12-6-5(8)4(7)3(14-6)2-13-15(9,10)11;/h3-8H,2H2,1H3,(H2,9,10,11);/q;+1/p-1/t3-,4-,5+,6-;/m1./s1. The van der Waals surface area contributed by atoms with Crippen molar-refractivity contribution in [2.45, 2.75) is 24.6 Å². The van der Waals surface area contributed by atoms with Crippen LogP contribution in [-0.4, -0.2) is 53.4 Å². The predicted molar refractivity (Wildman–Crippen MR) is 43.5 cm³/mol. The number of rotatable bonds is 4. The van der Waals surface area contributed by atoms with Gasteiger partial charge in [0.15, 0.2) is 6.29 Å². The van der Waals surface area contributed by atoms with Gasteiger partial charge in [0.1, 0.15) is 18.3 Å². The monoisotopic (exact) mass is 266 g/mol. The average Bonchev–Trinajstić information content (AvgIpc) is 2.40. The minimum Gasteiger partial charge on any atom is -0.756 e. The van der Waals surface area contributed by atoms with E-state index in [0.29, 0.717) is 0 Å². The molecule has 0 aliphatic carbocycles. The van der Waals surface area contributed by atoms with Crippen LogP contribution in [0.5, 0.6) is 0 Å². The number of hydrogen-bond donors (Lipinski definition) is 3. The second-order valence-corrected chi connectivity index (χ2v) is 4.22. The summed E-state index contributed by atoms with van der Waals surface area (Å²) in [5.41, 5.74) is 0. The molecule has 1 saturated heterocycles. The van der Waals surface area contributed by atoms with Crippen molar-refractivity contribution in [3.63, 3.8) is 0 Å². The normalized spacial score (nSPS) is 37.8. The minimum absolute atomic E-state index is 0. The summed E-state index contributed by atoms with van der Waals surface area (Å²) in [5.74, 6) is 0. The van der Waals surface area contributed by atoms with Crippen LogP contribution in [0.4, 0.5) is 0 Å². The summed E-state index contributed by atoms with van der Waals surface area (Å²) >= 11 is 0. The van der Waals surface area contributed by atoms with Crippen LogP contribution in [0.15, 0.2) is 0 Å². The zero-order valence-corrected chi connectivity index (χ0v) is 11.7. The van der Waals surface area contributed by atoms with E-state index < -0.39 is 39.0 Å². The van der Waals surface area contributed by atoms with Gasteiger partial charge in [0.25, 0.3) is 7.82 Å². The van der Waals surface area contributed by atoms with Crippen molar-refractivity contribution in [2.75, 3.05) is 13.7 Å². The Hall–Kier alpha value is 0.950. The second kappa shape index (κ2) is 6.77. The first-order chi connectivity index (χ1) is 6.85. The minimum atomic E-state index is -4.86. The topological polar surface area (TPSA) is 129 Å². The maximum absolute atomic E-state index is 10.3. The summed E-state index contributed by atoms with van der Waals surface area (Å²) in [6.45, 7) is -0.588. The van der Waals surface area contributed by atoms with Gasteiger partial charge in [0, 0.05) is 7.11 Å². The summed E-state index contributed by atoms with van der Waals surface area (Å²) < 4.78 is 23.9. The van der Waals surface area contributed by atoms with Crippen molar-refractivity contribution >= 4 is 7.82 Å². The van der Waals surface area contributed by atoms with Gasteiger partial charge in [-0.05, 0) is 0 Å². The maximum Gasteiger partial charge on any atom is 1.00 e. The smallest absolute Gasteiger partial charge is 0.756 e. The van der Waals surface area contributed by atoms with E-state index in [4.69, 9.17) is 9.63 Å². The number of ether oxygens (including phenoxy) is 2. The molecular formula is C6H12NaO8P. The fraction of sp³-hybridized carbons (Fsp3) is 1.00. The second-order valence-electron chi connectivity index (χ2n) is 3.02. The van der Waals surface area contributed by atoms with E-state index in [1.54, 1.807) is 0 Å². The number of methoxy groups -OCH3 is 1. The quantitative estimate of drug-likeness (QED) is 0.339. The fourth-order valence-electron chi connectivity index (χ4n) is 1.21. The third-order valence-electron chi connectivity index (χ3n) is 1.95. The molecule has 0 aromatic rings. The van der Waals surface area contributed by atoms with Crippen LogP contribution in [-0.2, 0) is 18.6 Å². The Morgan fingerprint density at radius 3 is 2.38 bits per heavy atom. The SMILES string of the molecule is CO[C@@H]1O[C@H](COP(=O)([O-])O)[C@@H](O)[C@@H]1O.[Na+]. The number of aliphatic hydroxyl groups excluding tert-OH is 2. The van der Waals surface area contributed by atoms with Crippen molar-refractivity contribution in [3.05, 3.63) is 0 Å². The summed E-state index contributed by atoms with van der Waals surface area (Å²) in [7, 11) is -3.60. The fourth-order valence-corrected chi connectivity index (χ4v) is 1.55. The number of aliphatic hydroxyl groups is 2. The summed E-state index contributed by atoms with van der Waals surface area (Å²) in [6.07, 6.45) is -4.73. The molecule has 5 atom stereocenters.